The highest BCUT2D eigenvalue weighted by Crippen LogP contribution is 2.35. The highest BCUT2D eigenvalue weighted by molar-refractivity contribution is 7.98. The van der Waals surface area contributed by atoms with Crippen LogP contribution in [0.5, 0.6) is 0 Å². The molecule has 8 nitrogen and oxygen atoms in total. The number of nitrogens with zero attached hydrogens (tertiary/aromatic N) is 3. The molecular weight excluding hydrogens is 445 g/mol. The van der Waals surface area contributed by atoms with Crippen LogP contribution in [0.25, 0.3) is 22.6 Å². The quantitative estimate of drug-likeness (QED) is 0.414. The average Bonchev–Trinajstić information content (AvgIpc) is 3.25. The Morgan fingerprint density at radius 3 is 2.55 bits per heavy atom. The molecule has 1 aromatic carbocycles. The Hall–Kier alpha value is -2.82. The van der Waals surface area contributed by atoms with E-state index in [0.29, 0.717) is 28.1 Å². The Bertz CT molecular complexity index is 1130. The molecular formula is C23H26FN5O3S. The zero-order valence-corrected chi connectivity index (χ0v) is 19.7. The summed E-state index contributed by atoms with van der Waals surface area (Å²) in [6.45, 7) is 5.99. The molecule has 2 N–H and O–H groups in total. The number of halogens is 1. The second-order valence-electron chi connectivity index (χ2n) is 8.42. The number of carbonyl (C=O) groups excluding carboxylic acids is 1. The maximum absolute atomic E-state index is 13.5. The van der Waals surface area contributed by atoms with E-state index in [2.05, 4.69) is 20.3 Å². The largest absolute Gasteiger partial charge is 0.353 e. The van der Waals surface area contributed by atoms with Crippen molar-refractivity contribution in [2.24, 2.45) is 5.41 Å². The lowest BCUT2D eigenvalue weighted by molar-refractivity contribution is -0.231. The summed E-state index contributed by atoms with van der Waals surface area (Å²) in [5, 5.41) is 3.53. The Balaban J connectivity index is 1.65. The first kappa shape index (κ1) is 23.3. The maximum Gasteiger partial charge on any atom is 0.230 e. The molecule has 1 fully saturated rings. The lowest BCUT2D eigenvalue weighted by Gasteiger charge is -2.35. The fourth-order valence-corrected chi connectivity index (χ4v) is 3.77. The van der Waals surface area contributed by atoms with Gasteiger partial charge in [-0.2, -0.15) is 0 Å². The van der Waals surface area contributed by atoms with Gasteiger partial charge in [0, 0.05) is 17.8 Å². The maximum atomic E-state index is 13.5. The standard InChI is InChI=1S/C23H26FN5O3S/c1-13(2)26-21(30)23(3)11-31-20(32-12-23)19-28-17(14-5-7-15(24)8-6-14)18(29-19)16-9-10-25-22(27-16)33-4/h5-10,13,20H,11-12H2,1-4H3,(H,26,30)(H,28,29). The molecule has 1 aliphatic rings. The van der Waals surface area contributed by atoms with E-state index in [4.69, 9.17) is 14.5 Å². The van der Waals surface area contributed by atoms with Gasteiger partial charge in [0.1, 0.15) is 5.82 Å². The molecule has 0 radical (unpaired) electrons. The fourth-order valence-electron chi connectivity index (χ4n) is 3.42. The van der Waals surface area contributed by atoms with E-state index < -0.39 is 11.7 Å². The van der Waals surface area contributed by atoms with E-state index in [0.717, 1.165) is 5.56 Å². The molecule has 0 aliphatic carbocycles. The molecule has 0 unspecified atom stereocenters. The lowest BCUT2D eigenvalue weighted by atomic mass is 9.90. The van der Waals surface area contributed by atoms with Gasteiger partial charge in [-0.3, -0.25) is 4.79 Å². The summed E-state index contributed by atoms with van der Waals surface area (Å²) < 4.78 is 25.3. The van der Waals surface area contributed by atoms with Gasteiger partial charge >= 0.3 is 0 Å². The van der Waals surface area contributed by atoms with Crippen LogP contribution in [0.2, 0.25) is 0 Å². The van der Waals surface area contributed by atoms with Crippen LogP contribution in [0.1, 0.15) is 32.9 Å². The number of aromatic amines is 1. The molecule has 1 amide bonds. The zero-order chi connectivity index (χ0) is 23.6. The summed E-state index contributed by atoms with van der Waals surface area (Å²) in [6.07, 6.45) is 2.80. The summed E-state index contributed by atoms with van der Waals surface area (Å²) in [7, 11) is 0. The Morgan fingerprint density at radius 1 is 1.21 bits per heavy atom. The molecule has 3 aromatic rings. The Kier molecular flexibility index (Phi) is 6.78. The number of H-pyrrole nitrogens is 1. The molecule has 10 heteroatoms. The number of amides is 1. The molecule has 3 heterocycles. The van der Waals surface area contributed by atoms with Crippen LogP contribution in [0.15, 0.2) is 41.7 Å². The molecule has 1 saturated heterocycles. The Morgan fingerprint density at radius 2 is 1.91 bits per heavy atom. The van der Waals surface area contributed by atoms with Gasteiger partial charge in [-0.05, 0) is 57.4 Å². The van der Waals surface area contributed by atoms with Crippen molar-refractivity contribution >= 4 is 17.7 Å². The SMILES string of the molecule is CSc1nccc(-c2[nH]c(C3OCC(C)(C(=O)NC(C)C)CO3)nc2-c2ccc(F)cc2)n1. The van der Waals surface area contributed by atoms with Gasteiger partial charge in [0.15, 0.2) is 11.0 Å². The predicted octanol–water partition coefficient (Wildman–Crippen LogP) is 3.97. The number of carbonyl (C=O) groups is 1. The lowest BCUT2D eigenvalue weighted by Crippen LogP contribution is -2.50. The van der Waals surface area contributed by atoms with Crippen molar-refractivity contribution in [3.05, 3.63) is 48.2 Å². The highest BCUT2D eigenvalue weighted by atomic mass is 32.2. The van der Waals surface area contributed by atoms with E-state index in [1.807, 2.05) is 27.0 Å². The summed E-state index contributed by atoms with van der Waals surface area (Å²) in [5.41, 5.74) is 1.80. The number of thioether (sulfide) groups is 1. The summed E-state index contributed by atoms with van der Waals surface area (Å²) in [5.74, 6) is -0.00528. The summed E-state index contributed by atoms with van der Waals surface area (Å²) in [6, 6.07) is 7.88. The van der Waals surface area contributed by atoms with Crippen molar-refractivity contribution in [1.82, 2.24) is 25.3 Å². The van der Waals surface area contributed by atoms with Crippen molar-refractivity contribution in [2.45, 2.75) is 38.3 Å². The first-order valence-electron chi connectivity index (χ1n) is 10.6. The summed E-state index contributed by atoms with van der Waals surface area (Å²) in [4.78, 5) is 29.3. The van der Waals surface area contributed by atoms with Crippen molar-refractivity contribution in [2.75, 3.05) is 19.5 Å². The molecule has 4 rings (SSSR count). The van der Waals surface area contributed by atoms with E-state index in [-0.39, 0.29) is 31.0 Å². The van der Waals surface area contributed by atoms with Gasteiger partial charge in [-0.1, -0.05) is 11.8 Å². The van der Waals surface area contributed by atoms with E-state index >= 15 is 0 Å². The molecule has 174 valence electrons. The topological polar surface area (TPSA) is 102 Å². The molecule has 0 spiro atoms. The van der Waals surface area contributed by atoms with Crippen LogP contribution in [0.3, 0.4) is 0 Å². The average molecular weight is 472 g/mol. The van der Waals surface area contributed by atoms with Gasteiger partial charge in [0.05, 0.1) is 35.7 Å². The van der Waals surface area contributed by atoms with Crippen molar-refractivity contribution in [1.29, 1.82) is 0 Å². The number of benzene rings is 1. The molecule has 33 heavy (non-hydrogen) atoms. The van der Waals surface area contributed by atoms with E-state index in [1.165, 1.54) is 23.9 Å². The van der Waals surface area contributed by atoms with Crippen LogP contribution >= 0.6 is 11.8 Å². The van der Waals surface area contributed by atoms with Gasteiger partial charge in [0.25, 0.3) is 0 Å². The fraction of sp³-hybridized carbons (Fsp3) is 0.391. The third-order valence-electron chi connectivity index (χ3n) is 5.21. The van der Waals surface area contributed by atoms with Gasteiger partial charge in [-0.25, -0.2) is 19.3 Å². The monoisotopic (exact) mass is 471 g/mol. The molecule has 0 bridgehead atoms. The number of nitrogens with one attached hydrogen (secondary N) is 2. The minimum atomic E-state index is -0.796. The molecule has 0 saturated carbocycles. The number of hydrogen-bond acceptors (Lipinski definition) is 7. The van der Waals surface area contributed by atoms with E-state index in [9.17, 15) is 9.18 Å². The van der Waals surface area contributed by atoms with Crippen molar-refractivity contribution in [3.63, 3.8) is 0 Å². The molecule has 2 aromatic heterocycles. The number of ether oxygens (including phenoxy) is 2. The van der Waals surface area contributed by atoms with Gasteiger partial charge in [-0.15, -0.1) is 0 Å². The third kappa shape index (κ3) is 5.07. The van der Waals surface area contributed by atoms with Crippen LogP contribution in [0.4, 0.5) is 4.39 Å². The minimum Gasteiger partial charge on any atom is -0.353 e. The number of hydrogen-bond donors (Lipinski definition) is 2. The third-order valence-corrected chi connectivity index (χ3v) is 5.77. The molecule has 0 atom stereocenters. The molecule has 1 aliphatic heterocycles. The predicted molar refractivity (Wildman–Crippen MR) is 123 cm³/mol. The number of aromatic nitrogens is 4. The Labute approximate surface area is 195 Å². The zero-order valence-electron chi connectivity index (χ0n) is 18.9. The second-order valence-corrected chi connectivity index (χ2v) is 9.20. The van der Waals surface area contributed by atoms with Gasteiger partial charge < -0.3 is 19.8 Å². The number of imidazole rings is 1. The van der Waals surface area contributed by atoms with Gasteiger partial charge in [0.2, 0.25) is 12.2 Å². The second kappa shape index (κ2) is 9.58. The summed E-state index contributed by atoms with van der Waals surface area (Å²) >= 11 is 1.43. The van der Waals surface area contributed by atoms with Crippen molar-refractivity contribution in [3.8, 4) is 22.6 Å². The van der Waals surface area contributed by atoms with E-state index in [1.54, 1.807) is 24.4 Å². The highest BCUT2D eigenvalue weighted by Gasteiger charge is 2.41. The minimum absolute atomic E-state index is 0.0250. The first-order chi connectivity index (χ1) is 15.8. The van der Waals surface area contributed by atoms with Crippen LogP contribution < -0.4 is 5.32 Å². The normalized spacial score (nSPS) is 20.7. The van der Waals surface area contributed by atoms with Crippen LogP contribution in [-0.4, -0.2) is 51.4 Å². The van der Waals surface area contributed by atoms with Crippen molar-refractivity contribution < 1.29 is 18.7 Å². The van der Waals surface area contributed by atoms with Crippen LogP contribution in [-0.2, 0) is 14.3 Å². The smallest absolute Gasteiger partial charge is 0.230 e. The number of rotatable bonds is 6. The first-order valence-corrected chi connectivity index (χ1v) is 11.8. The van der Waals surface area contributed by atoms with Crippen LogP contribution in [0, 0.1) is 11.2 Å².